The Balaban J connectivity index is 2.04. The summed E-state index contributed by atoms with van der Waals surface area (Å²) in [5.74, 6) is 0.427. The third-order valence-electron chi connectivity index (χ3n) is 2.62. The number of nitrogens with one attached hydrogen (secondary N) is 1. The van der Waals surface area contributed by atoms with Crippen LogP contribution < -0.4 is 5.32 Å². The molecule has 0 radical (unpaired) electrons. The molecule has 13 heavy (non-hydrogen) atoms. The molecule has 1 aliphatic rings. The molecule has 2 N–H and O–H groups in total. The molecule has 1 saturated heterocycles. The average molecular weight is 177 g/mol. The highest BCUT2D eigenvalue weighted by molar-refractivity contribution is 5.32. The van der Waals surface area contributed by atoms with Gasteiger partial charge in [-0.1, -0.05) is 18.2 Å². The molecule has 2 heteroatoms. The van der Waals surface area contributed by atoms with Crippen LogP contribution in [0.3, 0.4) is 0 Å². The molecular weight excluding hydrogens is 162 g/mol. The standard InChI is InChI=1S/C11H15NO/c13-11-6-2-1-4-9(11)8-10-5-3-7-12-10/h1-2,4,6,10,12-13H,3,5,7-8H2. The predicted molar refractivity (Wildman–Crippen MR) is 52.8 cm³/mol. The van der Waals surface area contributed by atoms with Gasteiger partial charge in [-0.05, 0) is 37.4 Å². The highest BCUT2D eigenvalue weighted by Crippen LogP contribution is 2.20. The Morgan fingerprint density at radius 1 is 1.38 bits per heavy atom. The van der Waals surface area contributed by atoms with Crippen molar-refractivity contribution in [3.05, 3.63) is 29.8 Å². The van der Waals surface area contributed by atoms with Crippen LogP contribution in [-0.2, 0) is 6.42 Å². The fraction of sp³-hybridized carbons (Fsp3) is 0.455. The zero-order chi connectivity index (χ0) is 9.10. The van der Waals surface area contributed by atoms with E-state index in [4.69, 9.17) is 0 Å². The first kappa shape index (κ1) is 8.57. The first-order chi connectivity index (χ1) is 6.36. The van der Waals surface area contributed by atoms with E-state index in [2.05, 4.69) is 5.32 Å². The third kappa shape index (κ3) is 2.01. The molecule has 0 aromatic heterocycles. The van der Waals surface area contributed by atoms with Crippen molar-refractivity contribution >= 4 is 0 Å². The number of hydrogen-bond acceptors (Lipinski definition) is 2. The third-order valence-corrected chi connectivity index (χ3v) is 2.62. The molecule has 0 spiro atoms. The molecule has 1 aromatic rings. The van der Waals surface area contributed by atoms with Crippen molar-refractivity contribution < 1.29 is 5.11 Å². The second-order valence-electron chi connectivity index (χ2n) is 3.63. The minimum Gasteiger partial charge on any atom is -0.508 e. The van der Waals surface area contributed by atoms with Crippen molar-refractivity contribution in [2.75, 3.05) is 6.54 Å². The summed E-state index contributed by atoms with van der Waals surface area (Å²) in [5, 5.41) is 13.0. The highest BCUT2D eigenvalue weighted by atomic mass is 16.3. The van der Waals surface area contributed by atoms with Gasteiger partial charge in [0, 0.05) is 6.04 Å². The van der Waals surface area contributed by atoms with E-state index < -0.39 is 0 Å². The minimum absolute atomic E-state index is 0.427. The summed E-state index contributed by atoms with van der Waals surface area (Å²) in [6.45, 7) is 1.12. The molecule has 1 aliphatic heterocycles. The van der Waals surface area contributed by atoms with Crippen molar-refractivity contribution in [2.24, 2.45) is 0 Å². The summed E-state index contributed by atoms with van der Waals surface area (Å²) in [6, 6.07) is 8.15. The SMILES string of the molecule is Oc1ccccc1CC1CCCN1. The van der Waals surface area contributed by atoms with E-state index in [1.54, 1.807) is 6.07 Å². The van der Waals surface area contributed by atoms with Crippen molar-refractivity contribution in [2.45, 2.75) is 25.3 Å². The lowest BCUT2D eigenvalue weighted by molar-refractivity contribution is 0.462. The number of benzene rings is 1. The van der Waals surface area contributed by atoms with Crippen molar-refractivity contribution in [3.63, 3.8) is 0 Å². The van der Waals surface area contributed by atoms with Gasteiger partial charge in [-0.2, -0.15) is 0 Å². The van der Waals surface area contributed by atoms with Crippen LogP contribution in [0.4, 0.5) is 0 Å². The van der Waals surface area contributed by atoms with Crippen LogP contribution >= 0.6 is 0 Å². The van der Waals surface area contributed by atoms with Gasteiger partial charge in [-0.15, -0.1) is 0 Å². The zero-order valence-corrected chi connectivity index (χ0v) is 7.66. The molecular formula is C11H15NO. The van der Waals surface area contributed by atoms with Gasteiger partial charge in [-0.25, -0.2) is 0 Å². The summed E-state index contributed by atoms with van der Waals surface area (Å²) in [7, 11) is 0. The number of para-hydroxylation sites is 1. The van der Waals surface area contributed by atoms with E-state index in [0.717, 1.165) is 18.5 Å². The lowest BCUT2D eigenvalue weighted by atomic mass is 10.0. The van der Waals surface area contributed by atoms with Gasteiger partial charge >= 0.3 is 0 Å². The molecule has 0 aliphatic carbocycles. The Morgan fingerprint density at radius 2 is 2.23 bits per heavy atom. The number of rotatable bonds is 2. The maximum Gasteiger partial charge on any atom is 0.118 e. The smallest absolute Gasteiger partial charge is 0.118 e. The Hall–Kier alpha value is -1.02. The molecule has 0 amide bonds. The Kier molecular flexibility index (Phi) is 2.50. The van der Waals surface area contributed by atoms with E-state index in [1.807, 2.05) is 18.2 Å². The number of hydrogen-bond donors (Lipinski definition) is 2. The van der Waals surface area contributed by atoms with E-state index in [1.165, 1.54) is 12.8 Å². The van der Waals surface area contributed by atoms with Crippen molar-refractivity contribution in [3.8, 4) is 5.75 Å². The maximum absolute atomic E-state index is 9.54. The van der Waals surface area contributed by atoms with Crippen LogP contribution in [0.15, 0.2) is 24.3 Å². The van der Waals surface area contributed by atoms with Gasteiger partial charge in [0.1, 0.15) is 5.75 Å². The summed E-state index contributed by atoms with van der Waals surface area (Å²) >= 11 is 0. The van der Waals surface area contributed by atoms with Gasteiger partial charge in [-0.3, -0.25) is 0 Å². The topological polar surface area (TPSA) is 32.3 Å². The van der Waals surface area contributed by atoms with E-state index in [-0.39, 0.29) is 0 Å². The Morgan fingerprint density at radius 3 is 2.92 bits per heavy atom. The fourth-order valence-corrected chi connectivity index (χ4v) is 1.88. The number of phenols is 1. The van der Waals surface area contributed by atoms with E-state index in [0.29, 0.717) is 11.8 Å². The zero-order valence-electron chi connectivity index (χ0n) is 7.66. The van der Waals surface area contributed by atoms with Gasteiger partial charge in [0.15, 0.2) is 0 Å². The monoisotopic (exact) mass is 177 g/mol. The fourth-order valence-electron chi connectivity index (χ4n) is 1.88. The molecule has 1 aromatic carbocycles. The van der Waals surface area contributed by atoms with Crippen LogP contribution in [0.1, 0.15) is 18.4 Å². The summed E-state index contributed by atoms with van der Waals surface area (Å²) in [4.78, 5) is 0. The second-order valence-corrected chi connectivity index (χ2v) is 3.63. The predicted octanol–water partition coefficient (Wildman–Crippen LogP) is 1.69. The lowest BCUT2D eigenvalue weighted by Crippen LogP contribution is -2.23. The Labute approximate surface area is 78.6 Å². The quantitative estimate of drug-likeness (QED) is 0.720. The molecule has 0 saturated carbocycles. The van der Waals surface area contributed by atoms with Crippen LogP contribution in [0.5, 0.6) is 5.75 Å². The molecule has 0 bridgehead atoms. The molecule has 70 valence electrons. The summed E-state index contributed by atoms with van der Waals surface area (Å²) in [5.41, 5.74) is 1.06. The normalized spacial score (nSPS) is 22.0. The van der Waals surface area contributed by atoms with Crippen LogP contribution in [0, 0.1) is 0 Å². The van der Waals surface area contributed by atoms with Gasteiger partial charge in [0.05, 0.1) is 0 Å². The molecule has 2 nitrogen and oxygen atoms in total. The molecule has 1 unspecified atom stereocenters. The second kappa shape index (κ2) is 3.79. The largest absolute Gasteiger partial charge is 0.508 e. The van der Waals surface area contributed by atoms with Gasteiger partial charge in [0.2, 0.25) is 0 Å². The van der Waals surface area contributed by atoms with Crippen LogP contribution in [0.25, 0.3) is 0 Å². The molecule has 1 atom stereocenters. The molecule has 1 heterocycles. The van der Waals surface area contributed by atoms with Gasteiger partial charge in [0.25, 0.3) is 0 Å². The van der Waals surface area contributed by atoms with Crippen LogP contribution in [0.2, 0.25) is 0 Å². The highest BCUT2D eigenvalue weighted by Gasteiger charge is 2.15. The minimum atomic E-state index is 0.427. The van der Waals surface area contributed by atoms with Crippen molar-refractivity contribution in [1.29, 1.82) is 0 Å². The molecule has 1 fully saturated rings. The Bertz CT molecular complexity index is 279. The first-order valence-corrected chi connectivity index (χ1v) is 4.86. The number of phenolic OH excluding ortho intramolecular Hbond substituents is 1. The van der Waals surface area contributed by atoms with Crippen LogP contribution in [-0.4, -0.2) is 17.7 Å². The number of aromatic hydroxyl groups is 1. The van der Waals surface area contributed by atoms with E-state index >= 15 is 0 Å². The van der Waals surface area contributed by atoms with Gasteiger partial charge < -0.3 is 10.4 Å². The summed E-state index contributed by atoms with van der Waals surface area (Å²) in [6.07, 6.45) is 3.44. The molecule has 2 rings (SSSR count). The first-order valence-electron chi connectivity index (χ1n) is 4.86. The van der Waals surface area contributed by atoms with Crippen molar-refractivity contribution in [1.82, 2.24) is 5.32 Å². The summed E-state index contributed by atoms with van der Waals surface area (Å²) < 4.78 is 0. The lowest BCUT2D eigenvalue weighted by Gasteiger charge is -2.10. The average Bonchev–Trinajstić information content (AvgIpc) is 2.61. The maximum atomic E-state index is 9.54. The van der Waals surface area contributed by atoms with E-state index in [9.17, 15) is 5.11 Å².